The number of nitrogens with two attached hydrogens (primary N) is 1. The maximum atomic E-state index is 11.9. The molecule has 0 bridgehead atoms. The highest BCUT2D eigenvalue weighted by Gasteiger charge is 2.14. The zero-order valence-electron chi connectivity index (χ0n) is 11.1. The summed E-state index contributed by atoms with van der Waals surface area (Å²) >= 11 is 4.94. The maximum Gasteiger partial charge on any atom is 0.233 e. The highest BCUT2D eigenvalue weighted by molar-refractivity contribution is 9.10. The first-order chi connectivity index (χ1) is 8.52. The van der Waals surface area contributed by atoms with Gasteiger partial charge >= 0.3 is 0 Å². The monoisotopic (exact) mass is 366 g/mol. The van der Waals surface area contributed by atoms with E-state index in [2.05, 4.69) is 21.2 Å². The summed E-state index contributed by atoms with van der Waals surface area (Å²) in [6, 6.07) is 7.95. The minimum atomic E-state index is -0.101. The molecule has 0 fully saturated rings. The number of hydrogen-bond acceptors (Lipinski definition) is 3. The van der Waals surface area contributed by atoms with Gasteiger partial charge in [0.25, 0.3) is 0 Å². The largest absolute Gasteiger partial charge is 0.355 e. The highest BCUT2D eigenvalue weighted by atomic mass is 79.9. The first-order valence-corrected chi connectivity index (χ1v) is 7.60. The van der Waals surface area contributed by atoms with Crippen molar-refractivity contribution in [2.24, 2.45) is 11.7 Å². The Labute approximate surface area is 133 Å². The van der Waals surface area contributed by atoms with Crippen LogP contribution in [-0.2, 0) is 4.79 Å². The Morgan fingerprint density at radius 1 is 1.37 bits per heavy atom. The molecule has 0 heterocycles. The Morgan fingerprint density at radius 2 is 1.95 bits per heavy atom. The molecular weight excluding hydrogens is 348 g/mol. The average Bonchev–Trinajstić information content (AvgIpc) is 2.38. The van der Waals surface area contributed by atoms with Crippen LogP contribution in [0.1, 0.15) is 13.8 Å². The molecule has 0 saturated heterocycles. The Kier molecular flexibility index (Phi) is 9.52. The number of thioether (sulfide) groups is 1. The number of benzene rings is 1. The molecule has 3 N–H and O–H groups in total. The Morgan fingerprint density at radius 3 is 2.47 bits per heavy atom. The van der Waals surface area contributed by atoms with Crippen LogP contribution in [0, 0.1) is 5.92 Å². The molecule has 1 aromatic carbocycles. The fourth-order valence-electron chi connectivity index (χ4n) is 1.27. The van der Waals surface area contributed by atoms with Gasteiger partial charge in [0.05, 0.1) is 5.25 Å². The van der Waals surface area contributed by atoms with Crippen LogP contribution < -0.4 is 11.1 Å². The van der Waals surface area contributed by atoms with Gasteiger partial charge in [-0.25, -0.2) is 0 Å². The standard InChI is InChI=1S/C13H19BrN2OS.ClH/c1-9(7-15)8-16-13(17)10(2)18-12-5-3-11(14)4-6-12;/h3-6,9-10H,7-8,15H2,1-2H3,(H,16,17);1H. The van der Waals surface area contributed by atoms with Crippen molar-refractivity contribution < 1.29 is 4.79 Å². The minimum Gasteiger partial charge on any atom is -0.355 e. The first kappa shape index (κ1) is 18.8. The van der Waals surface area contributed by atoms with Gasteiger partial charge in [-0.3, -0.25) is 4.79 Å². The lowest BCUT2D eigenvalue weighted by atomic mass is 10.2. The molecule has 2 atom stereocenters. The van der Waals surface area contributed by atoms with Gasteiger partial charge in [0, 0.05) is 15.9 Å². The van der Waals surface area contributed by atoms with Crippen molar-refractivity contribution >= 4 is 46.0 Å². The van der Waals surface area contributed by atoms with Crippen molar-refractivity contribution in [3.8, 4) is 0 Å². The van der Waals surface area contributed by atoms with Crippen LogP contribution in [0.4, 0.5) is 0 Å². The predicted molar refractivity (Wildman–Crippen MR) is 87.9 cm³/mol. The van der Waals surface area contributed by atoms with E-state index in [9.17, 15) is 4.79 Å². The van der Waals surface area contributed by atoms with Gasteiger partial charge in [-0.2, -0.15) is 0 Å². The summed E-state index contributed by atoms with van der Waals surface area (Å²) in [6.45, 7) is 5.16. The zero-order valence-corrected chi connectivity index (χ0v) is 14.3. The average molecular weight is 368 g/mol. The first-order valence-electron chi connectivity index (χ1n) is 5.93. The number of halogens is 2. The molecule has 0 aliphatic carbocycles. The van der Waals surface area contributed by atoms with Crippen LogP contribution in [-0.4, -0.2) is 24.2 Å². The van der Waals surface area contributed by atoms with Gasteiger partial charge < -0.3 is 11.1 Å². The molecule has 0 aliphatic rings. The molecule has 1 amide bonds. The molecule has 1 rings (SSSR count). The summed E-state index contributed by atoms with van der Waals surface area (Å²) in [4.78, 5) is 12.9. The van der Waals surface area contributed by atoms with Crippen LogP contribution in [0.5, 0.6) is 0 Å². The summed E-state index contributed by atoms with van der Waals surface area (Å²) in [5.41, 5.74) is 5.51. The lowest BCUT2D eigenvalue weighted by molar-refractivity contribution is -0.120. The van der Waals surface area contributed by atoms with E-state index in [-0.39, 0.29) is 23.6 Å². The lowest BCUT2D eigenvalue weighted by Gasteiger charge is -2.14. The van der Waals surface area contributed by atoms with Gasteiger partial charge in [0.2, 0.25) is 5.91 Å². The quantitative estimate of drug-likeness (QED) is 0.760. The molecule has 6 heteroatoms. The van der Waals surface area contributed by atoms with E-state index in [0.29, 0.717) is 19.0 Å². The summed E-state index contributed by atoms with van der Waals surface area (Å²) in [7, 11) is 0. The van der Waals surface area contributed by atoms with Crippen molar-refractivity contribution in [2.45, 2.75) is 24.0 Å². The minimum absolute atomic E-state index is 0. The number of rotatable bonds is 6. The van der Waals surface area contributed by atoms with E-state index in [1.807, 2.05) is 38.1 Å². The molecule has 108 valence electrons. The third-order valence-corrected chi connectivity index (χ3v) is 4.16. The number of amides is 1. The lowest BCUT2D eigenvalue weighted by Crippen LogP contribution is -2.35. The SMILES string of the molecule is CC(CN)CNC(=O)C(C)Sc1ccc(Br)cc1.Cl. The molecule has 0 radical (unpaired) electrons. The second-order valence-electron chi connectivity index (χ2n) is 4.30. The van der Waals surface area contributed by atoms with Crippen LogP contribution >= 0.6 is 40.1 Å². The third-order valence-electron chi connectivity index (χ3n) is 2.52. The number of carbonyl (C=O) groups is 1. The van der Waals surface area contributed by atoms with E-state index >= 15 is 0 Å². The van der Waals surface area contributed by atoms with Crippen LogP contribution in [0.2, 0.25) is 0 Å². The third kappa shape index (κ3) is 7.20. The van der Waals surface area contributed by atoms with Crippen LogP contribution in [0.3, 0.4) is 0 Å². The number of carbonyl (C=O) groups excluding carboxylic acids is 1. The van der Waals surface area contributed by atoms with Crippen molar-refractivity contribution in [1.29, 1.82) is 0 Å². The molecule has 0 aliphatic heterocycles. The second kappa shape index (κ2) is 9.64. The van der Waals surface area contributed by atoms with Gasteiger partial charge in [0.15, 0.2) is 0 Å². The molecule has 0 spiro atoms. The highest BCUT2D eigenvalue weighted by Crippen LogP contribution is 2.24. The molecule has 3 nitrogen and oxygen atoms in total. The van der Waals surface area contributed by atoms with E-state index < -0.39 is 0 Å². The van der Waals surface area contributed by atoms with E-state index in [1.165, 1.54) is 0 Å². The molecule has 1 aromatic rings. The predicted octanol–water partition coefficient (Wildman–Crippen LogP) is 3.06. The summed E-state index contributed by atoms with van der Waals surface area (Å²) in [5, 5.41) is 2.81. The van der Waals surface area contributed by atoms with Crippen LogP contribution in [0.15, 0.2) is 33.6 Å². The second-order valence-corrected chi connectivity index (χ2v) is 6.63. The van der Waals surface area contributed by atoms with Gasteiger partial charge in [-0.05, 0) is 43.7 Å². The maximum absolute atomic E-state index is 11.9. The van der Waals surface area contributed by atoms with Gasteiger partial charge in [-0.15, -0.1) is 24.2 Å². The van der Waals surface area contributed by atoms with Crippen molar-refractivity contribution in [1.82, 2.24) is 5.32 Å². The fraction of sp³-hybridized carbons (Fsp3) is 0.462. The molecular formula is C13H20BrClN2OS. The Bertz CT molecular complexity index is 389. The van der Waals surface area contributed by atoms with Crippen molar-refractivity contribution in [3.63, 3.8) is 0 Å². The Hall–Kier alpha value is -0.230. The number of hydrogen-bond donors (Lipinski definition) is 2. The Balaban J connectivity index is 0.00000324. The van der Waals surface area contributed by atoms with E-state index in [4.69, 9.17) is 5.73 Å². The fourth-order valence-corrected chi connectivity index (χ4v) is 2.43. The van der Waals surface area contributed by atoms with Gasteiger partial charge in [-0.1, -0.05) is 22.9 Å². The van der Waals surface area contributed by atoms with Crippen molar-refractivity contribution in [3.05, 3.63) is 28.7 Å². The molecule has 19 heavy (non-hydrogen) atoms. The zero-order chi connectivity index (χ0) is 13.5. The summed E-state index contributed by atoms with van der Waals surface area (Å²) < 4.78 is 1.04. The smallest absolute Gasteiger partial charge is 0.233 e. The molecule has 0 saturated carbocycles. The van der Waals surface area contributed by atoms with E-state index in [0.717, 1.165) is 9.37 Å². The van der Waals surface area contributed by atoms with Crippen molar-refractivity contribution in [2.75, 3.05) is 13.1 Å². The normalized spacial score (nSPS) is 13.3. The van der Waals surface area contributed by atoms with Gasteiger partial charge in [0.1, 0.15) is 0 Å². The van der Waals surface area contributed by atoms with Crippen LogP contribution in [0.25, 0.3) is 0 Å². The summed E-state index contributed by atoms with van der Waals surface area (Å²) in [6.07, 6.45) is 0. The molecule has 2 unspecified atom stereocenters. The molecule has 0 aromatic heterocycles. The van der Waals surface area contributed by atoms with E-state index in [1.54, 1.807) is 11.8 Å². The number of nitrogens with one attached hydrogen (secondary N) is 1. The summed E-state index contributed by atoms with van der Waals surface area (Å²) in [5.74, 6) is 0.377. The topological polar surface area (TPSA) is 55.1 Å².